The maximum absolute atomic E-state index is 12.3. The van der Waals surface area contributed by atoms with Crippen LogP contribution in [0.5, 0.6) is 11.5 Å². The van der Waals surface area contributed by atoms with Gasteiger partial charge in [-0.3, -0.25) is 0 Å². The van der Waals surface area contributed by atoms with Crippen molar-refractivity contribution in [1.29, 1.82) is 0 Å². The van der Waals surface area contributed by atoms with Crippen LogP contribution in [-0.4, -0.2) is 37.7 Å². The molecule has 6 heteroatoms. The highest BCUT2D eigenvalue weighted by Gasteiger charge is 2.17. The van der Waals surface area contributed by atoms with Crippen molar-refractivity contribution in [1.82, 2.24) is 4.57 Å². The van der Waals surface area contributed by atoms with Crippen LogP contribution in [0, 0.1) is 0 Å². The molecular formula is C26H29NO5. The maximum atomic E-state index is 12.3. The molecule has 0 saturated carbocycles. The fourth-order valence-electron chi connectivity index (χ4n) is 3.38. The monoisotopic (exact) mass is 435 g/mol. The Morgan fingerprint density at radius 3 is 2.50 bits per heavy atom. The molecule has 0 fully saturated rings. The van der Waals surface area contributed by atoms with Gasteiger partial charge in [-0.2, -0.15) is 0 Å². The van der Waals surface area contributed by atoms with Gasteiger partial charge in [-0.05, 0) is 56.2 Å². The number of carbonyl (C=O) groups is 1. The average Bonchev–Trinajstić information content (AvgIpc) is 3.24. The quantitative estimate of drug-likeness (QED) is 0.300. The van der Waals surface area contributed by atoms with Crippen LogP contribution >= 0.6 is 0 Å². The van der Waals surface area contributed by atoms with E-state index in [-0.39, 0.29) is 13.4 Å². The molecule has 32 heavy (non-hydrogen) atoms. The smallest absolute Gasteiger partial charge is 0.341 e. The molecule has 3 aromatic rings. The third-order valence-electron chi connectivity index (χ3n) is 4.83. The lowest BCUT2D eigenvalue weighted by Gasteiger charge is -2.12. The Hall–Kier alpha value is -3.51. The zero-order valence-electron chi connectivity index (χ0n) is 19.0. The number of carbonyl (C=O) groups excluding carboxylic acids is 1. The van der Waals surface area contributed by atoms with E-state index in [9.17, 15) is 4.79 Å². The number of aromatic nitrogens is 1. The van der Waals surface area contributed by atoms with Crippen molar-refractivity contribution in [2.24, 2.45) is 0 Å². The Labute approximate surface area is 189 Å². The van der Waals surface area contributed by atoms with E-state index in [1.165, 1.54) is 7.11 Å². The first-order valence-corrected chi connectivity index (χ1v) is 10.5. The molecule has 0 unspecified atom stereocenters. The van der Waals surface area contributed by atoms with Crippen LogP contribution in [-0.2, 0) is 9.47 Å². The number of benzene rings is 2. The Kier molecular flexibility index (Phi) is 7.73. The Bertz CT molecular complexity index is 1100. The van der Waals surface area contributed by atoms with E-state index >= 15 is 0 Å². The molecule has 0 bridgehead atoms. The zero-order chi connectivity index (χ0) is 23.1. The van der Waals surface area contributed by atoms with Crippen molar-refractivity contribution < 1.29 is 23.7 Å². The summed E-state index contributed by atoms with van der Waals surface area (Å²) >= 11 is 0. The van der Waals surface area contributed by atoms with Crippen LogP contribution in [0.3, 0.4) is 0 Å². The van der Waals surface area contributed by atoms with Crippen LogP contribution in [0.1, 0.15) is 36.7 Å². The standard InChI is InChI=1S/C26H29NO5/c1-6-30-21-10-8-9-19(13-21)24-16-27(15-23(24)18(3)4)20-11-12-22(26(28)31-7-2)25(14-20)32-17-29-5/h8-16H,3,6-7,17H2,1-2,4-5H3. The van der Waals surface area contributed by atoms with Crippen molar-refractivity contribution >= 4 is 11.5 Å². The third-order valence-corrected chi connectivity index (χ3v) is 4.83. The molecular weight excluding hydrogens is 406 g/mol. The van der Waals surface area contributed by atoms with E-state index in [4.69, 9.17) is 18.9 Å². The lowest BCUT2D eigenvalue weighted by atomic mass is 10.0. The lowest BCUT2D eigenvalue weighted by molar-refractivity contribution is 0.0438. The molecule has 0 N–H and O–H groups in total. The summed E-state index contributed by atoms with van der Waals surface area (Å²) in [7, 11) is 1.53. The summed E-state index contributed by atoms with van der Waals surface area (Å²) in [6.07, 6.45) is 4.05. The van der Waals surface area contributed by atoms with Crippen LogP contribution in [0.15, 0.2) is 61.4 Å². The van der Waals surface area contributed by atoms with Gasteiger partial charge in [0.1, 0.15) is 17.1 Å². The molecule has 0 amide bonds. The summed E-state index contributed by atoms with van der Waals surface area (Å²) < 4.78 is 23.5. The molecule has 1 heterocycles. The third kappa shape index (κ3) is 5.21. The molecule has 2 aromatic carbocycles. The van der Waals surface area contributed by atoms with Crippen LogP contribution in [0.25, 0.3) is 22.4 Å². The van der Waals surface area contributed by atoms with Gasteiger partial charge in [-0.15, -0.1) is 0 Å². The SMILES string of the molecule is C=C(C)c1cn(-c2ccc(C(=O)OCC)c(OCOC)c2)cc1-c1cccc(OCC)c1. The van der Waals surface area contributed by atoms with E-state index in [0.717, 1.165) is 33.7 Å². The lowest BCUT2D eigenvalue weighted by Crippen LogP contribution is -2.10. The normalized spacial score (nSPS) is 10.6. The Morgan fingerprint density at radius 1 is 1.00 bits per heavy atom. The summed E-state index contributed by atoms with van der Waals surface area (Å²) in [5.41, 5.74) is 5.22. The van der Waals surface area contributed by atoms with Gasteiger partial charge in [0, 0.05) is 42.4 Å². The first kappa shape index (κ1) is 23.2. The number of rotatable bonds is 10. The summed E-state index contributed by atoms with van der Waals surface area (Å²) in [5.74, 6) is 0.779. The van der Waals surface area contributed by atoms with Gasteiger partial charge in [0.25, 0.3) is 0 Å². The first-order chi connectivity index (χ1) is 15.5. The summed E-state index contributed by atoms with van der Waals surface area (Å²) in [5, 5.41) is 0. The fourth-order valence-corrected chi connectivity index (χ4v) is 3.38. The minimum absolute atomic E-state index is 0.0218. The molecule has 0 aliphatic heterocycles. The van der Waals surface area contributed by atoms with E-state index < -0.39 is 5.97 Å². The van der Waals surface area contributed by atoms with Crippen molar-refractivity contribution in [3.63, 3.8) is 0 Å². The number of nitrogens with zero attached hydrogens (tertiary/aromatic N) is 1. The second-order valence-electron chi connectivity index (χ2n) is 7.19. The van der Waals surface area contributed by atoms with Crippen LogP contribution in [0.2, 0.25) is 0 Å². The number of methoxy groups -OCH3 is 1. The van der Waals surface area contributed by atoms with Gasteiger partial charge in [0.15, 0.2) is 6.79 Å². The Morgan fingerprint density at radius 2 is 1.81 bits per heavy atom. The summed E-state index contributed by atoms with van der Waals surface area (Å²) in [4.78, 5) is 12.3. The van der Waals surface area contributed by atoms with Crippen LogP contribution < -0.4 is 9.47 Å². The molecule has 168 valence electrons. The summed E-state index contributed by atoms with van der Waals surface area (Å²) in [6.45, 7) is 10.8. The molecule has 0 aliphatic rings. The largest absolute Gasteiger partial charge is 0.494 e. The molecule has 0 saturated heterocycles. The number of hydrogen-bond donors (Lipinski definition) is 0. The number of esters is 1. The highest BCUT2D eigenvalue weighted by Crippen LogP contribution is 2.33. The number of hydrogen-bond acceptors (Lipinski definition) is 5. The fraction of sp³-hybridized carbons (Fsp3) is 0.269. The molecule has 3 rings (SSSR count). The van der Waals surface area contributed by atoms with Gasteiger partial charge in [-0.25, -0.2) is 4.79 Å². The minimum atomic E-state index is -0.436. The minimum Gasteiger partial charge on any atom is -0.494 e. The average molecular weight is 436 g/mol. The predicted octanol–water partition coefficient (Wildman–Crippen LogP) is 5.74. The second-order valence-corrected chi connectivity index (χ2v) is 7.19. The van der Waals surface area contributed by atoms with Crippen molar-refractivity contribution in [3.8, 4) is 28.3 Å². The van der Waals surface area contributed by atoms with Gasteiger partial charge >= 0.3 is 5.97 Å². The van der Waals surface area contributed by atoms with E-state index in [1.807, 2.05) is 61.1 Å². The molecule has 0 atom stereocenters. The number of ether oxygens (including phenoxy) is 4. The first-order valence-electron chi connectivity index (χ1n) is 10.5. The van der Waals surface area contributed by atoms with E-state index in [2.05, 4.69) is 6.58 Å². The highest BCUT2D eigenvalue weighted by molar-refractivity contribution is 5.93. The highest BCUT2D eigenvalue weighted by atomic mass is 16.7. The Balaban J connectivity index is 2.06. The van der Waals surface area contributed by atoms with Gasteiger partial charge in [-0.1, -0.05) is 18.7 Å². The topological polar surface area (TPSA) is 58.9 Å². The zero-order valence-corrected chi connectivity index (χ0v) is 19.0. The van der Waals surface area contributed by atoms with Crippen molar-refractivity contribution in [2.75, 3.05) is 27.1 Å². The molecule has 0 aliphatic carbocycles. The van der Waals surface area contributed by atoms with E-state index in [1.54, 1.807) is 19.1 Å². The van der Waals surface area contributed by atoms with Crippen molar-refractivity contribution in [2.45, 2.75) is 20.8 Å². The van der Waals surface area contributed by atoms with Crippen molar-refractivity contribution in [3.05, 3.63) is 72.6 Å². The maximum Gasteiger partial charge on any atom is 0.341 e. The predicted molar refractivity (Wildman–Crippen MR) is 126 cm³/mol. The van der Waals surface area contributed by atoms with Gasteiger partial charge < -0.3 is 23.5 Å². The van der Waals surface area contributed by atoms with Gasteiger partial charge in [0.05, 0.1) is 13.2 Å². The molecule has 0 spiro atoms. The molecule has 0 radical (unpaired) electrons. The number of allylic oxidation sites excluding steroid dienone is 1. The summed E-state index contributed by atoms with van der Waals surface area (Å²) in [6, 6.07) is 13.3. The van der Waals surface area contributed by atoms with Crippen LogP contribution in [0.4, 0.5) is 0 Å². The molecule has 6 nitrogen and oxygen atoms in total. The van der Waals surface area contributed by atoms with E-state index in [0.29, 0.717) is 17.9 Å². The van der Waals surface area contributed by atoms with Gasteiger partial charge in [0.2, 0.25) is 0 Å². The molecule has 1 aromatic heterocycles. The second kappa shape index (κ2) is 10.7.